The predicted octanol–water partition coefficient (Wildman–Crippen LogP) is 1.41. The van der Waals surface area contributed by atoms with Gasteiger partial charge in [-0.1, -0.05) is 0 Å². The zero-order valence-corrected chi connectivity index (χ0v) is 16.1. The Morgan fingerprint density at radius 2 is 1.96 bits per heavy atom. The normalized spacial score (nSPS) is 17.7. The number of hydrogen-bond acceptors (Lipinski definition) is 6. The quantitative estimate of drug-likeness (QED) is 0.766. The molecule has 1 saturated heterocycles. The lowest BCUT2D eigenvalue weighted by atomic mass is 10.1. The second kappa shape index (κ2) is 8.01. The van der Waals surface area contributed by atoms with E-state index in [1.54, 1.807) is 35.4 Å². The molecule has 3 rings (SSSR count). The molecule has 1 atom stereocenters. The first kappa shape index (κ1) is 19.2. The Morgan fingerprint density at radius 3 is 2.59 bits per heavy atom. The van der Waals surface area contributed by atoms with Gasteiger partial charge < -0.3 is 9.64 Å². The Kier molecular flexibility index (Phi) is 5.71. The second-order valence-electron chi connectivity index (χ2n) is 6.51. The van der Waals surface area contributed by atoms with Gasteiger partial charge in [0.2, 0.25) is 15.9 Å². The molecule has 0 saturated carbocycles. The standard InChI is InChI=1S/C18H22N4O4S/c1-21(2)27(24,25)16-9-7-14(8-10-16)18(23)22-12-4-5-15(13-22)26-17-6-3-11-19-20-17/h3,6-11,15H,4-5,12-13H2,1-2H3. The van der Waals surface area contributed by atoms with E-state index < -0.39 is 10.0 Å². The van der Waals surface area contributed by atoms with Gasteiger partial charge in [0, 0.05) is 38.5 Å². The number of sulfonamides is 1. The summed E-state index contributed by atoms with van der Waals surface area (Å²) < 4.78 is 31.2. The minimum Gasteiger partial charge on any atom is -0.471 e. The van der Waals surface area contributed by atoms with E-state index in [-0.39, 0.29) is 16.9 Å². The molecule has 2 heterocycles. The van der Waals surface area contributed by atoms with Gasteiger partial charge in [0.1, 0.15) is 6.10 Å². The zero-order valence-electron chi connectivity index (χ0n) is 15.3. The van der Waals surface area contributed by atoms with Crippen molar-refractivity contribution < 1.29 is 17.9 Å². The molecule has 2 aromatic rings. The molecule has 0 aliphatic carbocycles. The lowest BCUT2D eigenvalue weighted by molar-refractivity contribution is 0.0525. The summed E-state index contributed by atoms with van der Waals surface area (Å²) in [5.74, 6) is 0.297. The Labute approximate surface area is 158 Å². The molecule has 0 spiro atoms. The summed E-state index contributed by atoms with van der Waals surface area (Å²) in [6.07, 6.45) is 3.08. The molecular formula is C18H22N4O4S. The fourth-order valence-electron chi connectivity index (χ4n) is 2.90. The maximum atomic E-state index is 12.8. The van der Waals surface area contributed by atoms with E-state index in [0.717, 1.165) is 17.1 Å². The maximum absolute atomic E-state index is 12.8. The van der Waals surface area contributed by atoms with Crippen molar-refractivity contribution in [3.05, 3.63) is 48.2 Å². The van der Waals surface area contributed by atoms with Gasteiger partial charge in [0.25, 0.3) is 5.91 Å². The zero-order chi connectivity index (χ0) is 19.4. The largest absolute Gasteiger partial charge is 0.471 e. The number of nitrogens with zero attached hydrogens (tertiary/aromatic N) is 4. The molecule has 1 fully saturated rings. The van der Waals surface area contributed by atoms with Gasteiger partial charge in [0.05, 0.1) is 11.4 Å². The summed E-state index contributed by atoms with van der Waals surface area (Å²) in [6.45, 7) is 1.09. The van der Waals surface area contributed by atoms with Crippen molar-refractivity contribution in [3.63, 3.8) is 0 Å². The summed E-state index contributed by atoms with van der Waals surface area (Å²) in [6, 6.07) is 9.49. The van der Waals surface area contributed by atoms with Crippen LogP contribution in [0.5, 0.6) is 5.88 Å². The van der Waals surface area contributed by atoms with E-state index >= 15 is 0 Å². The Bertz CT molecular complexity index is 885. The topological polar surface area (TPSA) is 92.7 Å². The molecule has 1 amide bonds. The summed E-state index contributed by atoms with van der Waals surface area (Å²) in [7, 11) is -0.569. The van der Waals surface area contributed by atoms with Crippen molar-refractivity contribution in [1.82, 2.24) is 19.4 Å². The highest BCUT2D eigenvalue weighted by Gasteiger charge is 2.26. The van der Waals surface area contributed by atoms with Crippen LogP contribution < -0.4 is 4.74 Å². The molecule has 9 heteroatoms. The fraction of sp³-hybridized carbons (Fsp3) is 0.389. The third-order valence-corrected chi connectivity index (χ3v) is 6.21. The van der Waals surface area contributed by atoms with Crippen LogP contribution in [0.3, 0.4) is 0 Å². The van der Waals surface area contributed by atoms with Crippen LogP contribution in [0.2, 0.25) is 0 Å². The molecule has 0 bridgehead atoms. The minimum atomic E-state index is -3.51. The number of carbonyl (C=O) groups excluding carboxylic acids is 1. The molecule has 1 aromatic carbocycles. The van der Waals surface area contributed by atoms with Crippen LogP contribution in [0.4, 0.5) is 0 Å². The van der Waals surface area contributed by atoms with Gasteiger partial charge in [-0.3, -0.25) is 4.79 Å². The third kappa shape index (κ3) is 4.42. The molecule has 1 aliphatic rings. The number of hydrogen-bond donors (Lipinski definition) is 0. The molecule has 144 valence electrons. The molecule has 1 aromatic heterocycles. The lowest BCUT2D eigenvalue weighted by Gasteiger charge is -2.32. The first-order valence-electron chi connectivity index (χ1n) is 8.64. The minimum absolute atomic E-state index is 0.142. The molecule has 27 heavy (non-hydrogen) atoms. The van der Waals surface area contributed by atoms with E-state index in [1.165, 1.54) is 26.2 Å². The predicted molar refractivity (Wildman–Crippen MR) is 98.9 cm³/mol. The highest BCUT2D eigenvalue weighted by Crippen LogP contribution is 2.19. The van der Waals surface area contributed by atoms with Crippen LogP contribution in [0.1, 0.15) is 23.2 Å². The summed E-state index contributed by atoms with van der Waals surface area (Å²) in [5.41, 5.74) is 0.452. The lowest BCUT2D eigenvalue weighted by Crippen LogP contribution is -2.44. The smallest absolute Gasteiger partial charge is 0.253 e. The van der Waals surface area contributed by atoms with Gasteiger partial charge in [-0.25, -0.2) is 12.7 Å². The van der Waals surface area contributed by atoms with Crippen molar-refractivity contribution in [1.29, 1.82) is 0 Å². The van der Waals surface area contributed by atoms with Gasteiger partial charge in [-0.15, -0.1) is 5.10 Å². The molecular weight excluding hydrogens is 368 g/mol. The molecule has 1 unspecified atom stereocenters. The molecule has 1 aliphatic heterocycles. The Balaban J connectivity index is 1.68. The molecule has 8 nitrogen and oxygen atoms in total. The van der Waals surface area contributed by atoms with Crippen molar-refractivity contribution in [2.75, 3.05) is 27.2 Å². The van der Waals surface area contributed by atoms with Gasteiger partial charge in [-0.05, 0) is 43.2 Å². The average molecular weight is 390 g/mol. The fourth-order valence-corrected chi connectivity index (χ4v) is 3.80. The van der Waals surface area contributed by atoms with Crippen LogP contribution in [-0.2, 0) is 10.0 Å². The first-order valence-corrected chi connectivity index (χ1v) is 10.1. The number of amides is 1. The van der Waals surface area contributed by atoms with Crippen LogP contribution in [-0.4, -0.2) is 67.0 Å². The SMILES string of the molecule is CN(C)S(=O)(=O)c1ccc(C(=O)N2CCCC(Oc3cccnn3)C2)cc1. The summed E-state index contributed by atoms with van der Waals surface area (Å²) >= 11 is 0. The number of ether oxygens (including phenoxy) is 1. The van der Waals surface area contributed by atoms with Crippen LogP contribution in [0.25, 0.3) is 0 Å². The number of carbonyl (C=O) groups is 1. The third-order valence-electron chi connectivity index (χ3n) is 4.38. The van der Waals surface area contributed by atoms with E-state index in [0.29, 0.717) is 24.5 Å². The van der Waals surface area contributed by atoms with Crippen LogP contribution in [0, 0.1) is 0 Å². The van der Waals surface area contributed by atoms with E-state index in [4.69, 9.17) is 4.74 Å². The van der Waals surface area contributed by atoms with Crippen molar-refractivity contribution in [2.45, 2.75) is 23.8 Å². The Hall–Kier alpha value is -2.52. The van der Waals surface area contributed by atoms with Gasteiger partial charge in [-0.2, -0.15) is 5.10 Å². The number of likely N-dealkylation sites (tertiary alicyclic amines) is 1. The summed E-state index contributed by atoms with van der Waals surface area (Å²) in [5, 5.41) is 7.70. The average Bonchev–Trinajstić information content (AvgIpc) is 2.68. The number of aromatic nitrogens is 2. The van der Waals surface area contributed by atoms with Gasteiger partial charge in [0.15, 0.2) is 0 Å². The number of piperidine rings is 1. The van der Waals surface area contributed by atoms with E-state index in [9.17, 15) is 13.2 Å². The van der Waals surface area contributed by atoms with Crippen molar-refractivity contribution in [3.8, 4) is 5.88 Å². The summed E-state index contributed by atoms with van der Waals surface area (Å²) in [4.78, 5) is 14.7. The monoisotopic (exact) mass is 390 g/mol. The number of benzene rings is 1. The highest BCUT2D eigenvalue weighted by molar-refractivity contribution is 7.89. The van der Waals surface area contributed by atoms with E-state index in [2.05, 4.69) is 10.2 Å². The number of rotatable bonds is 5. The molecule has 0 radical (unpaired) electrons. The van der Waals surface area contributed by atoms with Crippen molar-refractivity contribution >= 4 is 15.9 Å². The Morgan fingerprint density at radius 1 is 1.22 bits per heavy atom. The van der Waals surface area contributed by atoms with Crippen LogP contribution in [0.15, 0.2) is 47.5 Å². The first-order chi connectivity index (χ1) is 12.9. The van der Waals surface area contributed by atoms with E-state index in [1.807, 2.05) is 0 Å². The second-order valence-corrected chi connectivity index (χ2v) is 8.66. The van der Waals surface area contributed by atoms with Crippen molar-refractivity contribution in [2.24, 2.45) is 0 Å². The van der Waals surface area contributed by atoms with Crippen LogP contribution >= 0.6 is 0 Å². The molecule has 0 N–H and O–H groups in total. The van der Waals surface area contributed by atoms with Gasteiger partial charge >= 0.3 is 0 Å². The maximum Gasteiger partial charge on any atom is 0.253 e. The highest BCUT2D eigenvalue weighted by atomic mass is 32.2.